The standard InChI is InChI=1S/2C18H15P.C8H5O4.BrH.Pd/c2*1-4-10-16(11-5-1)19(17-12-6-2-7-13-17)18-14-8-3-9-15-18;9-7(10)5-2-1-3-6(4-5)8(11)12;;/h2*1-15H;1-3H,(H,9,10)(H,11,12);1H;/q;;-1;;+2/p-1. The van der Waals surface area contributed by atoms with Crippen LogP contribution < -0.4 is 31.8 Å². The van der Waals surface area contributed by atoms with Gasteiger partial charge >= 0.3 is 30.6 Å². The third kappa shape index (κ3) is 12.3. The van der Waals surface area contributed by atoms with Gasteiger partial charge in [0.1, 0.15) is 0 Å². The Bertz CT molecular complexity index is 1720. The second-order valence-corrected chi connectivity index (χ2v) is 15.2. The molecule has 0 aliphatic carbocycles. The van der Waals surface area contributed by atoms with Gasteiger partial charge in [-0.1, -0.05) is 182 Å². The quantitative estimate of drug-likeness (QED) is 0.0912. The van der Waals surface area contributed by atoms with Gasteiger partial charge in [-0.25, -0.2) is 0 Å². The van der Waals surface area contributed by atoms with E-state index in [0.29, 0.717) is 0 Å². The number of aromatic carboxylic acids is 2. The Kier molecular flexibility index (Phi) is 17.4. The maximum Gasteiger partial charge on any atom is -0.0134 e. The maximum absolute atomic E-state index is 10.4. The molecule has 8 heteroatoms. The predicted octanol–water partition coefficient (Wildman–Crippen LogP) is 8.62. The van der Waals surface area contributed by atoms with Crippen molar-refractivity contribution in [1.82, 2.24) is 0 Å². The number of carbonyl (C=O) groups is 2. The molecule has 2 N–H and O–H groups in total. The van der Waals surface area contributed by atoms with Crippen molar-refractivity contribution in [1.29, 1.82) is 0 Å². The minimum atomic E-state index is -1.18. The molecule has 0 saturated heterocycles. The van der Waals surface area contributed by atoms with E-state index in [2.05, 4.69) is 219 Å². The molecule has 0 aliphatic heterocycles. The Labute approximate surface area is 325 Å². The minimum absolute atomic E-state index is 0.144. The molecular weight excluding hydrogens is 841 g/mol. The number of benzene rings is 7. The zero-order valence-electron chi connectivity index (χ0n) is 27.9. The molecule has 0 amide bonds. The molecule has 0 unspecified atom stereocenters. The van der Waals surface area contributed by atoms with Crippen molar-refractivity contribution in [2.75, 3.05) is 0 Å². The summed E-state index contributed by atoms with van der Waals surface area (Å²) >= 11 is 5.35. The van der Waals surface area contributed by atoms with Crippen LogP contribution in [0.2, 0.25) is 0 Å². The van der Waals surface area contributed by atoms with E-state index in [1.165, 1.54) is 50.0 Å². The van der Waals surface area contributed by atoms with E-state index >= 15 is 0 Å². The van der Waals surface area contributed by atoms with Crippen LogP contribution in [0.3, 0.4) is 0 Å². The van der Waals surface area contributed by atoms with E-state index in [9.17, 15) is 9.59 Å². The molecule has 0 bridgehead atoms. The molecule has 0 radical (unpaired) electrons. The van der Waals surface area contributed by atoms with Crippen molar-refractivity contribution in [3.63, 3.8) is 0 Å². The Morgan fingerprint density at radius 3 is 0.731 bits per heavy atom. The number of carboxylic acids is 2. The van der Waals surface area contributed by atoms with Gasteiger partial charge in [0, 0.05) is 0 Å². The van der Waals surface area contributed by atoms with E-state index in [-0.39, 0.29) is 11.1 Å². The van der Waals surface area contributed by atoms with Gasteiger partial charge in [0.05, 0.1) is 0 Å². The molecule has 4 nitrogen and oxygen atoms in total. The van der Waals surface area contributed by atoms with E-state index < -0.39 is 27.8 Å². The summed E-state index contributed by atoms with van der Waals surface area (Å²) in [5.41, 5.74) is -0.287. The van der Waals surface area contributed by atoms with Gasteiger partial charge in [0.25, 0.3) is 11.9 Å². The molecule has 0 heterocycles. The fraction of sp³-hybridized carbons (Fsp3) is 0. The van der Waals surface area contributed by atoms with Crippen LogP contribution in [0, 0.1) is 6.07 Å². The van der Waals surface area contributed by atoms with Crippen LogP contribution in [0.15, 0.2) is 200 Å². The van der Waals surface area contributed by atoms with Gasteiger partial charge < -0.3 is 10.2 Å². The number of hydrogen-bond donors (Lipinski definition) is 2. The Hall–Kier alpha value is -4.52. The van der Waals surface area contributed by atoms with E-state index in [1.807, 2.05) is 0 Å². The normalized spacial score (nSPS) is 10.0. The average Bonchev–Trinajstić information content (AvgIpc) is 3.22. The monoisotopic (exact) mass is 874 g/mol. The summed E-state index contributed by atoms with van der Waals surface area (Å²) in [7, 11) is -0.892. The number of halogens is 1. The van der Waals surface area contributed by atoms with Gasteiger partial charge in [-0.05, 0) is 58.8 Å². The molecule has 52 heavy (non-hydrogen) atoms. The van der Waals surface area contributed by atoms with E-state index in [0.717, 1.165) is 0 Å². The molecule has 7 rings (SSSR count). The third-order valence-electron chi connectivity index (χ3n) is 7.34. The van der Waals surface area contributed by atoms with Crippen molar-refractivity contribution in [3.8, 4) is 0 Å². The van der Waals surface area contributed by atoms with Gasteiger partial charge in [-0.15, -0.1) is 24.3 Å². The summed E-state index contributed by atoms with van der Waals surface area (Å²) in [4.78, 5) is 20.7. The van der Waals surface area contributed by atoms with E-state index in [4.69, 9.17) is 10.2 Å². The molecular formula is C44H35BrO4P2Pd. The summed E-state index contributed by atoms with van der Waals surface area (Å²) in [6.45, 7) is 0. The molecule has 0 aliphatic rings. The fourth-order valence-electron chi connectivity index (χ4n) is 5.08. The second kappa shape index (κ2) is 22.4. The van der Waals surface area contributed by atoms with Crippen LogP contribution in [0.4, 0.5) is 0 Å². The SMILES string of the molecule is O=C(O)c1[c-]c(C(=O)O)ccc1.[Br][Pd+].c1ccc(P(c2ccccc2)c2ccccc2)cc1.c1ccc(P(c2ccccc2)c2ccccc2)cc1. The molecule has 0 saturated carbocycles. The first kappa shape index (κ1) is 40.3. The van der Waals surface area contributed by atoms with Crippen molar-refractivity contribution in [2.24, 2.45) is 0 Å². The van der Waals surface area contributed by atoms with Crippen molar-refractivity contribution in [2.45, 2.75) is 0 Å². The summed E-state index contributed by atoms with van der Waals surface area (Å²) in [5.74, 6) is -2.36. The second-order valence-electron chi connectivity index (χ2n) is 10.8. The summed E-state index contributed by atoms with van der Waals surface area (Å²) in [6.07, 6.45) is 0. The smallest absolute Gasteiger partial charge is 0.0134 e. The van der Waals surface area contributed by atoms with Crippen LogP contribution in [0.25, 0.3) is 0 Å². The summed E-state index contributed by atoms with van der Waals surface area (Å²) in [5, 5.41) is 25.3. The first-order valence-corrected chi connectivity index (χ1v) is 22.3. The largest absolute Gasteiger partial charge is 0.0622 e. The fourth-order valence-corrected chi connectivity index (χ4v) is 9.69. The topological polar surface area (TPSA) is 74.6 Å². The third-order valence-corrected chi connectivity index (χ3v) is 12.2. The minimum Gasteiger partial charge on any atom is -0.0622 e. The Balaban J connectivity index is 0.000000175. The van der Waals surface area contributed by atoms with Gasteiger partial charge in [-0.2, -0.15) is 0 Å². The Morgan fingerprint density at radius 2 is 0.558 bits per heavy atom. The number of hydrogen-bond acceptors (Lipinski definition) is 2. The van der Waals surface area contributed by atoms with E-state index in [1.54, 1.807) is 0 Å². The molecule has 0 fully saturated rings. The van der Waals surface area contributed by atoms with Crippen molar-refractivity contribution in [3.05, 3.63) is 217 Å². The van der Waals surface area contributed by atoms with Gasteiger partial charge in [0.2, 0.25) is 0 Å². The van der Waals surface area contributed by atoms with Crippen molar-refractivity contribution >= 4 is 73.0 Å². The first-order valence-electron chi connectivity index (χ1n) is 16.0. The predicted molar refractivity (Wildman–Crippen MR) is 218 cm³/mol. The molecule has 0 spiro atoms. The van der Waals surface area contributed by atoms with Crippen LogP contribution in [0.1, 0.15) is 20.7 Å². The number of rotatable bonds is 8. The Morgan fingerprint density at radius 1 is 0.365 bits per heavy atom. The van der Waals surface area contributed by atoms with Gasteiger partial charge in [0.15, 0.2) is 0 Å². The van der Waals surface area contributed by atoms with Gasteiger partial charge in [-0.3, -0.25) is 9.59 Å². The summed E-state index contributed by atoms with van der Waals surface area (Å²) < 4.78 is 0. The first-order chi connectivity index (χ1) is 25.5. The van der Waals surface area contributed by atoms with Crippen LogP contribution >= 0.6 is 29.3 Å². The molecule has 7 aromatic carbocycles. The zero-order chi connectivity index (χ0) is 37.0. The molecule has 0 atom stereocenters. The molecule has 7 aromatic rings. The van der Waals surface area contributed by atoms with Crippen molar-refractivity contribution < 1.29 is 37.0 Å². The average molecular weight is 876 g/mol. The summed E-state index contributed by atoms with van der Waals surface area (Å²) in [6, 6.07) is 70.8. The maximum atomic E-state index is 10.4. The van der Waals surface area contributed by atoms with Crippen LogP contribution in [0.5, 0.6) is 0 Å². The van der Waals surface area contributed by atoms with Crippen LogP contribution in [-0.4, -0.2) is 22.2 Å². The van der Waals surface area contributed by atoms with Crippen LogP contribution in [-0.2, 0) is 17.2 Å². The molecule has 0 aromatic heterocycles. The zero-order valence-corrected chi connectivity index (χ0v) is 32.8. The number of carboxylic acid groups (broad SMARTS) is 2. The molecule has 262 valence electrons.